The second kappa shape index (κ2) is 5.31. The maximum Gasteiger partial charge on any atom is 0.249 e. The highest BCUT2D eigenvalue weighted by Crippen LogP contribution is 2.11. The van der Waals surface area contributed by atoms with Crippen LogP contribution in [0, 0.1) is 0 Å². The van der Waals surface area contributed by atoms with E-state index in [4.69, 9.17) is 0 Å². The number of amides is 1. The number of tetrazole rings is 1. The van der Waals surface area contributed by atoms with E-state index in [9.17, 15) is 4.79 Å². The molecule has 0 saturated heterocycles. The molecule has 0 unspecified atom stereocenters. The van der Waals surface area contributed by atoms with Gasteiger partial charge in [-0.25, -0.2) is 0 Å². The molecule has 0 atom stereocenters. The SMILES string of the molecule is O=C(Cn1nnc(-c2ccccc2)n1)Nc1ccon1. The Morgan fingerprint density at radius 1 is 1.25 bits per heavy atom. The second-order valence-electron chi connectivity index (χ2n) is 3.94. The second-order valence-corrected chi connectivity index (χ2v) is 3.94. The van der Waals surface area contributed by atoms with E-state index in [1.54, 1.807) is 6.07 Å². The van der Waals surface area contributed by atoms with Crippen LogP contribution in [0.25, 0.3) is 11.4 Å². The number of aromatic nitrogens is 5. The van der Waals surface area contributed by atoms with Gasteiger partial charge in [0.25, 0.3) is 0 Å². The minimum Gasteiger partial charge on any atom is -0.363 e. The molecule has 1 N–H and O–H groups in total. The lowest BCUT2D eigenvalue weighted by Gasteiger charge is -1.99. The number of carbonyl (C=O) groups is 1. The standard InChI is InChI=1S/C12H10N6O2/c19-11(13-10-6-7-20-16-10)8-18-15-12(14-17-18)9-4-2-1-3-5-9/h1-7H,8H2,(H,13,16,19). The van der Waals surface area contributed by atoms with Crippen molar-refractivity contribution in [3.05, 3.63) is 42.7 Å². The highest BCUT2D eigenvalue weighted by atomic mass is 16.5. The number of nitrogens with zero attached hydrogens (tertiary/aromatic N) is 5. The van der Waals surface area contributed by atoms with E-state index in [1.807, 2.05) is 30.3 Å². The Balaban J connectivity index is 1.67. The first-order valence-electron chi connectivity index (χ1n) is 5.85. The van der Waals surface area contributed by atoms with Gasteiger partial charge in [-0.1, -0.05) is 35.5 Å². The summed E-state index contributed by atoms with van der Waals surface area (Å²) in [6, 6.07) is 11.0. The molecule has 0 aliphatic carbocycles. The molecule has 100 valence electrons. The Bertz CT molecular complexity index is 692. The number of carbonyl (C=O) groups excluding carboxylic acids is 1. The van der Waals surface area contributed by atoms with Gasteiger partial charge in [0.2, 0.25) is 11.7 Å². The van der Waals surface area contributed by atoms with E-state index in [0.29, 0.717) is 11.6 Å². The average molecular weight is 270 g/mol. The average Bonchev–Trinajstić information content (AvgIpc) is 3.11. The molecule has 0 aliphatic rings. The summed E-state index contributed by atoms with van der Waals surface area (Å²) in [4.78, 5) is 12.9. The van der Waals surface area contributed by atoms with E-state index < -0.39 is 0 Å². The van der Waals surface area contributed by atoms with Crippen LogP contribution in [0.15, 0.2) is 47.2 Å². The van der Waals surface area contributed by atoms with Crippen molar-refractivity contribution < 1.29 is 9.32 Å². The predicted molar refractivity (Wildman–Crippen MR) is 68.4 cm³/mol. The Hall–Kier alpha value is -3.03. The van der Waals surface area contributed by atoms with E-state index in [0.717, 1.165) is 5.56 Å². The maximum absolute atomic E-state index is 11.7. The molecular formula is C12H10N6O2. The molecule has 0 bridgehead atoms. The lowest BCUT2D eigenvalue weighted by molar-refractivity contribution is -0.117. The van der Waals surface area contributed by atoms with Gasteiger partial charge in [0.05, 0.1) is 0 Å². The van der Waals surface area contributed by atoms with Gasteiger partial charge in [-0.05, 0) is 5.21 Å². The normalized spacial score (nSPS) is 10.4. The first kappa shape index (κ1) is 12.0. The maximum atomic E-state index is 11.7. The summed E-state index contributed by atoms with van der Waals surface area (Å²) >= 11 is 0. The topological polar surface area (TPSA) is 98.7 Å². The largest absolute Gasteiger partial charge is 0.363 e. The molecule has 3 rings (SSSR count). The zero-order valence-electron chi connectivity index (χ0n) is 10.3. The van der Waals surface area contributed by atoms with Crippen molar-refractivity contribution in [2.24, 2.45) is 0 Å². The first-order chi connectivity index (χ1) is 9.81. The van der Waals surface area contributed by atoms with Crippen molar-refractivity contribution in [2.45, 2.75) is 6.54 Å². The Labute approximate surface area is 113 Å². The molecule has 2 aromatic heterocycles. The van der Waals surface area contributed by atoms with Crippen LogP contribution in [-0.2, 0) is 11.3 Å². The molecule has 0 saturated carbocycles. The fraction of sp³-hybridized carbons (Fsp3) is 0.0833. The molecule has 20 heavy (non-hydrogen) atoms. The molecule has 8 heteroatoms. The molecule has 0 spiro atoms. The van der Waals surface area contributed by atoms with Gasteiger partial charge < -0.3 is 9.84 Å². The number of benzene rings is 1. The zero-order chi connectivity index (χ0) is 13.8. The van der Waals surface area contributed by atoms with E-state index in [2.05, 4.69) is 30.4 Å². The van der Waals surface area contributed by atoms with Gasteiger partial charge in [-0.15, -0.1) is 10.2 Å². The molecule has 8 nitrogen and oxygen atoms in total. The highest BCUT2D eigenvalue weighted by molar-refractivity contribution is 5.89. The summed E-state index contributed by atoms with van der Waals surface area (Å²) in [6.45, 7) is -0.0489. The Morgan fingerprint density at radius 3 is 2.85 bits per heavy atom. The first-order valence-corrected chi connectivity index (χ1v) is 5.85. The van der Waals surface area contributed by atoms with Crippen LogP contribution in [0.3, 0.4) is 0 Å². The fourth-order valence-electron chi connectivity index (χ4n) is 1.60. The summed E-state index contributed by atoms with van der Waals surface area (Å²) in [7, 11) is 0. The molecule has 2 heterocycles. The highest BCUT2D eigenvalue weighted by Gasteiger charge is 2.10. The number of hydrogen-bond acceptors (Lipinski definition) is 6. The summed E-state index contributed by atoms with van der Waals surface area (Å²) < 4.78 is 4.61. The van der Waals surface area contributed by atoms with Crippen molar-refractivity contribution in [1.29, 1.82) is 0 Å². The molecule has 1 aromatic carbocycles. The molecular weight excluding hydrogens is 260 g/mol. The van der Waals surface area contributed by atoms with Gasteiger partial charge in [-0.2, -0.15) is 4.80 Å². The summed E-state index contributed by atoms with van der Waals surface area (Å²) in [5.41, 5.74) is 0.843. The van der Waals surface area contributed by atoms with Gasteiger partial charge in [0.1, 0.15) is 12.8 Å². The number of hydrogen-bond donors (Lipinski definition) is 1. The quantitative estimate of drug-likeness (QED) is 0.758. The van der Waals surface area contributed by atoms with Crippen molar-refractivity contribution in [3.63, 3.8) is 0 Å². The van der Waals surface area contributed by atoms with E-state index >= 15 is 0 Å². The van der Waals surface area contributed by atoms with Gasteiger partial charge in [0.15, 0.2) is 5.82 Å². The van der Waals surface area contributed by atoms with Crippen LogP contribution in [0.1, 0.15) is 0 Å². The Morgan fingerprint density at radius 2 is 2.10 bits per heavy atom. The van der Waals surface area contributed by atoms with Crippen LogP contribution in [0.4, 0.5) is 5.82 Å². The molecule has 0 aliphatic heterocycles. The van der Waals surface area contributed by atoms with Crippen LogP contribution in [-0.4, -0.2) is 31.3 Å². The molecule has 3 aromatic rings. The molecule has 0 radical (unpaired) electrons. The monoisotopic (exact) mass is 270 g/mol. The lowest BCUT2D eigenvalue weighted by atomic mass is 10.2. The van der Waals surface area contributed by atoms with Crippen LogP contribution in [0.5, 0.6) is 0 Å². The van der Waals surface area contributed by atoms with Crippen molar-refractivity contribution in [1.82, 2.24) is 25.4 Å². The Kier molecular flexibility index (Phi) is 3.19. The van der Waals surface area contributed by atoms with Gasteiger partial charge >= 0.3 is 0 Å². The summed E-state index contributed by atoms with van der Waals surface area (Å²) in [6.07, 6.45) is 1.37. The van der Waals surface area contributed by atoms with E-state index in [-0.39, 0.29) is 12.5 Å². The third-order valence-electron chi connectivity index (χ3n) is 2.48. The van der Waals surface area contributed by atoms with Crippen LogP contribution >= 0.6 is 0 Å². The third kappa shape index (κ3) is 2.69. The van der Waals surface area contributed by atoms with Crippen molar-refractivity contribution in [2.75, 3.05) is 5.32 Å². The number of anilines is 1. The minimum absolute atomic E-state index is 0.0489. The van der Waals surface area contributed by atoms with Crippen molar-refractivity contribution >= 4 is 11.7 Å². The fourth-order valence-corrected chi connectivity index (χ4v) is 1.60. The zero-order valence-corrected chi connectivity index (χ0v) is 10.3. The number of rotatable bonds is 4. The molecule has 0 fully saturated rings. The van der Waals surface area contributed by atoms with E-state index in [1.165, 1.54) is 11.1 Å². The van der Waals surface area contributed by atoms with Crippen molar-refractivity contribution in [3.8, 4) is 11.4 Å². The number of nitrogens with one attached hydrogen (secondary N) is 1. The minimum atomic E-state index is -0.309. The third-order valence-corrected chi connectivity index (χ3v) is 2.48. The smallest absolute Gasteiger partial charge is 0.249 e. The molecule has 1 amide bonds. The predicted octanol–water partition coefficient (Wildman–Crippen LogP) is 0.967. The van der Waals surface area contributed by atoms with Crippen LogP contribution in [0.2, 0.25) is 0 Å². The van der Waals surface area contributed by atoms with Gasteiger partial charge in [-0.3, -0.25) is 4.79 Å². The lowest BCUT2D eigenvalue weighted by Crippen LogP contribution is -2.20. The summed E-state index contributed by atoms with van der Waals surface area (Å²) in [5, 5.41) is 18.0. The van der Waals surface area contributed by atoms with Gasteiger partial charge in [0, 0.05) is 11.6 Å². The summed E-state index contributed by atoms with van der Waals surface area (Å²) in [5.74, 6) is 0.508. The van der Waals surface area contributed by atoms with Crippen LogP contribution < -0.4 is 5.32 Å².